The predicted octanol–water partition coefficient (Wildman–Crippen LogP) is 6.13. The Hall–Kier alpha value is -4.96. The molecule has 2 aromatic heterocycles. The van der Waals surface area contributed by atoms with Crippen LogP contribution in [0.25, 0.3) is 28.2 Å². The third-order valence-corrected chi connectivity index (χ3v) is 8.22. The zero-order chi connectivity index (χ0) is 32.2. The number of aryl methyl sites for hydroxylation is 1. The van der Waals surface area contributed by atoms with Gasteiger partial charge in [0.05, 0.1) is 30.7 Å². The zero-order valence-corrected chi connectivity index (χ0v) is 26.5. The molecule has 3 atom stereocenters. The summed E-state index contributed by atoms with van der Waals surface area (Å²) in [6.45, 7) is 6.20. The highest BCUT2D eigenvalue weighted by Gasteiger charge is 2.26. The van der Waals surface area contributed by atoms with Crippen LogP contribution in [0, 0.1) is 0 Å². The summed E-state index contributed by atoms with van der Waals surface area (Å²) in [5.41, 5.74) is 5.39. The van der Waals surface area contributed by atoms with Crippen LogP contribution in [0.1, 0.15) is 56.9 Å². The minimum Gasteiger partial charge on any atom is -0.490 e. The Labute approximate surface area is 267 Å². The van der Waals surface area contributed by atoms with Gasteiger partial charge in [-0.2, -0.15) is 0 Å². The van der Waals surface area contributed by atoms with E-state index in [1.165, 1.54) is 11.7 Å². The van der Waals surface area contributed by atoms with E-state index in [0.29, 0.717) is 29.9 Å². The van der Waals surface area contributed by atoms with Gasteiger partial charge in [0.1, 0.15) is 11.9 Å². The van der Waals surface area contributed by atoms with Crippen molar-refractivity contribution in [3.05, 3.63) is 111 Å². The van der Waals surface area contributed by atoms with Gasteiger partial charge in [0.25, 0.3) is 5.56 Å². The molecule has 6 rings (SSSR count). The number of aromatic nitrogens is 4. The molecule has 0 bridgehead atoms. The summed E-state index contributed by atoms with van der Waals surface area (Å²) >= 11 is 0. The molecule has 3 aromatic carbocycles. The maximum atomic E-state index is 14.2. The number of aromatic amines is 1. The SMILES string of the molecule is CCCc1nc(OC)n(-c2ccc(O[C@@H]3C[C@@H](C)O[C@@H](C)C3)cc2)c(=O)c1Cc1ccc(-c2ccccc2-c2noc(=O)[nH]2)cc1. The molecular weight excluding hydrogens is 584 g/mol. The molecule has 1 saturated heterocycles. The van der Waals surface area contributed by atoms with Crippen LogP contribution < -0.4 is 20.8 Å². The number of nitrogens with zero attached hydrogens (tertiary/aromatic N) is 3. The predicted molar refractivity (Wildman–Crippen MR) is 175 cm³/mol. The summed E-state index contributed by atoms with van der Waals surface area (Å²) in [7, 11) is 1.53. The van der Waals surface area contributed by atoms with Crippen molar-refractivity contribution in [3.63, 3.8) is 0 Å². The number of ether oxygens (including phenoxy) is 3. The van der Waals surface area contributed by atoms with E-state index in [4.69, 9.17) is 23.7 Å². The van der Waals surface area contributed by atoms with Gasteiger partial charge in [0.15, 0.2) is 5.82 Å². The lowest BCUT2D eigenvalue weighted by atomic mass is 9.96. The topological polar surface area (TPSA) is 121 Å². The van der Waals surface area contributed by atoms with Crippen LogP contribution in [-0.4, -0.2) is 45.1 Å². The minimum absolute atomic E-state index is 0.0784. The molecule has 1 fully saturated rings. The second kappa shape index (κ2) is 13.6. The summed E-state index contributed by atoms with van der Waals surface area (Å²) in [5, 5.41) is 3.86. The number of H-pyrrole nitrogens is 1. The van der Waals surface area contributed by atoms with Gasteiger partial charge in [0.2, 0.25) is 0 Å². The first-order valence-electron chi connectivity index (χ1n) is 15.7. The Morgan fingerprint density at radius 3 is 2.26 bits per heavy atom. The van der Waals surface area contributed by atoms with Crippen molar-refractivity contribution in [1.82, 2.24) is 19.7 Å². The van der Waals surface area contributed by atoms with E-state index in [-0.39, 0.29) is 29.9 Å². The monoisotopic (exact) mass is 622 g/mol. The maximum Gasteiger partial charge on any atom is 0.439 e. The number of benzene rings is 3. The third kappa shape index (κ3) is 6.67. The Morgan fingerprint density at radius 1 is 0.935 bits per heavy atom. The molecule has 0 unspecified atom stereocenters. The lowest BCUT2D eigenvalue weighted by molar-refractivity contribution is -0.0721. The van der Waals surface area contributed by atoms with Crippen LogP contribution >= 0.6 is 0 Å². The Balaban J connectivity index is 1.29. The highest BCUT2D eigenvalue weighted by molar-refractivity contribution is 5.80. The first kappa shape index (κ1) is 31.0. The average Bonchev–Trinajstić information content (AvgIpc) is 3.49. The Kier molecular flexibility index (Phi) is 9.16. The van der Waals surface area contributed by atoms with Gasteiger partial charge in [0, 0.05) is 30.4 Å². The van der Waals surface area contributed by atoms with Crippen molar-refractivity contribution >= 4 is 0 Å². The van der Waals surface area contributed by atoms with Crippen LogP contribution in [0.3, 0.4) is 0 Å². The van der Waals surface area contributed by atoms with E-state index < -0.39 is 5.76 Å². The minimum atomic E-state index is -0.606. The van der Waals surface area contributed by atoms with E-state index in [2.05, 4.69) is 30.9 Å². The molecule has 1 aliphatic rings. The highest BCUT2D eigenvalue weighted by atomic mass is 16.5. The number of hydrogen-bond acceptors (Lipinski definition) is 8. The first-order chi connectivity index (χ1) is 22.3. The van der Waals surface area contributed by atoms with Crippen LogP contribution in [0.5, 0.6) is 11.8 Å². The summed E-state index contributed by atoms with van der Waals surface area (Å²) in [6.07, 6.45) is 3.95. The lowest BCUT2D eigenvalue weighted by Gasteiger charge is -2.32. The third-order valence-electron chi connectivity index (χ3n) is 8.22. The van der Waals surface area contributed by atoms with E-state index in [9.17, 15) is 9.59 Å². The molecular formula is C36H38N4O6. The lowest BCUT2D eigenvalue weighted by Crippen LogP contribution is -2.35. The number of rotatable bonds is 10. The van der Waals surface area contributed by atoms with Crippen LogP contribution in [0.2, 0.25) is 0 Å². The van der Waals surface area contributed by atoms with Crippen molar-refractivity contribution in [2.45, 2.75) is 71.2 Å². The Bertz CT molecular complexity index is 1900. The molecule has 0 radical (unpaired) electrons. The van der Waals surface area contributed by atoms with Gasteiger partial charge in [-0.15, -0.1) is 0 Å². The smallest absolute Gasteiger partial charge is 0.439 e. The fourth-order valence-corrected chi connectivity index (χ4v) is 6.16. The molecule has 1 aliphatic heterocycles. The molecule has 238 valence electrons. The van der Waals surface area contributed by atoms with Gasteiger partial charge >= 0.3 is 11.8 Å². The quantitative estimate of drug-likeness (QED) is 0.198. The molecule has 10 heteroatoms. The van der Waals surface area contributed by atoms with Gasteiger partial charge in [-0.1, -0.05) is 67.0 Å². The van der Waals surface area contributed by atoms with Gasteiger partial charge in [-0.05, 0) is 61.2 Å². The fraction of sp³-hybridized carbons (Fsp3) is 0.333. The van der Waals surface area contributed by atoms with Crippen molar-refractivity contribution in [3.8, 4) is 40.0 Å². The molecule has 46 heavy (non-hydrogen) atoms. The molecule has 5 aromatic rings. The summed E-state index contributed by atoms with van der Waals surface area (Å²) in [5.74, 6) is 0.505. The Morgan fingerprint density at radius 2 is 1.63 bits per heavy atom. The fourth-order valence-electron chi connectivity index (χ4n) is 6.16. The average molecular weight is 623 g/mol. The van der Waals surface area contributed by atoms with Crippen molar-refractivity contribution in [1.29, 1.82) is 0 Å². The summed E-state index contributed by atoms with van der Waals surface area (Å²) < 4.78 is 24.0. The van der Waals surface area contributed by atoms with Crippen molar-refractivity contribution < 1.29 is 18.7 Å². The van der Waals surface area contributed by atoms with Crippen molar-refractivity contribution in [2.24, 2.45) is 0 Å². The number of hydrogen-bond donors (Lipinski definition) is 1. The number of methoxy groups -OCH3 is 1. The summed E-state index contributed by atoms with van der Waals surface area (Å²) in [6, 6.07) is 23.4. The van der Waals surface area contributed by atoms with E-state index in [1.54, 1.807) is 0 Å². The number of nitrogens with one attached hydrogen (secondary N) is 1. The second-order valence-corrected chi connectivity index (χ2v) is 11.7. The standard InChI is InChI=1S/C36H38N4O6/c1-5-8-32-31(21-24-11-13-25(14-12-24)29-9-6-7-10-30(29)33-38-36(42)46-39-33)34(41)40(35(37-32)43-4)26-15-17-27(18-16-26)45-28-19-22(2)44-23(3)20-28/h6-7,9-18,22-23,28H,5,8,19-21H2,1-4H3,(H,38,39,42)/t22-,23+,28-. The van der Waals surface area contributed by atoms with Crippen LogP contribution in [0.15, 0.2) is 86.9 Å². The molecule has 0 amide bonds. The van der Waals surface area contributed by atoms with Gasteiger partial charge in [-0.3, -0.25) is 14.3 Å². The summed E-state index contributed by atoms with van der Waals surface area (Å²) in [4.78, 5) is 33.2. The van der Waals surface area contributed by atoms with Crippen LogP contribution in [-0.2, 0) is 17.6 Å². The molecule has 0 spiro atoms. The molecule has 0 saturated carbocycles. The molecule has 3 heterocycles. The molecule has 1 N–H and O–H groups in total. The van der Waals surface area contributed by atoms with E-state index in [1.807, 2.05) is 72.8 Å². The normalized spacial score (nSPS) is 18.0. The zero-order valence-electron chi connectivity index (χ0n) is 26.5. The van der Waals surface area contributed by atoms with Crippen molar-refractivity contribution in [2.75, 3.05) is 7.11 Å². The second-order valence-electron chi connectivity index (χ2n) is 11.7. The van der Waals surface area contributed by atoms with E-state index in [0.717, 1.165) is 53.0 Å². The van der Waals surface area contributed by atoms with Gasteiger partial charge in [-0.25, -0.2) is 14.3 Å². The van der Waals surface area contributed by atoms with Gasteiger partial charge < -0.3 is 14.2 Å². The molecule has 10 nitrogen and oxygen atoms in total. The molecule has 0 aliphatic carbocycles. The van der Waals surface area contributed by atoms with Crippen LogP contribution in [0.4, 0.5) is 0 Å². The van der Waals surface area contributed by atoms with E-state index >= 15 is 0 Å². The largest absolute Gasteiger partial charge is 0.490 e. The maximum absolute atomic E-state index is 14.2. The first-order valence-corrected chi connectivity index (χ1v) is 15.7. The highest BCUT2D eigenvalue weighted by Crippen LogP contribution is 2.31.